The van der Waals surface area contributed by atoms with E-state index in [2.05, 4.69) is 15.8 Å². The van der Waals surface area contributed by atoms with Crippen LogP contribution >= 0.6 is 0 Å². The van der Waals surface area contributed by atoms with Gasteiger partial charge in [-0.15, -0.1) is 13.2 Å². The molecule has 0 spiro atoms. The number of aromatic nitrogens is 1. The van der Waals surface area contributed by atoms with Gasteiger partial charge in [-0.05, 0) is 67.3 Å². The normalized spacial score (nSPS) is 27.6. The summed E-state index contributed by atoms with van der Waals surface area (Å²) in [5, 5.41) is 10.3. The lowest BCUT2D eigenvalue weighted by atomic mass is 9.51. The third-order valence-electron chi connectivity index (χ3n) is 6.26. The first-order chi connectivity index (χ1) is 12.9. The van der Waals surface area contributed by atoms with Crippen LogP contribution in [0.25, 0.3) is 0 Å². The number of nitrogens with zero attached hydrogens (tertiary/aromatic N) is 1. The maximum atomic E-state index is 12.6. The topological polar surface area (TPSA) is 42.4 Å². The fraction of sp³-hybridized carbons (Fsp3) is 0.476. The number of aliphatic hydroxyl groups is 1. The maximum absolute atomic E-state index is 12.6. The summed E-state index contributed by atoms with van der Waals surface area (Å²) in [4.78, 5) is 4.61. The first kappa shape index (κ1) is 18.3. The number of hydrogen-bond acceptors (Lipinski definition) is 3. The summed E-state index contributed by atoms with van der Waals surface area (Å²) in [6.07, 6.45) is 1.83. The quantitative estimate of drug-likeness (QED) is 0.837. The van der Waals surface area contributed by atoms with Crippen molar-refractivity contribution in [1.29, 1.82) is 0 Å². The van der Waals surface area contributed by atoms with Gasteiger partial charge in [-0.25, -0.2) is 0 Å². The first-order valence-corrected chi connectivity index (χ1v) is 9.34. The van der Waals surface area contributed by atoms with E-state index in [-0.39, 0.29) is 24.2 Å². The van der Waals surface area contributed by atoms with Gasteiger partial charge in [0.1, 0.15) is 5.75 Å². The molecular weight excluding hydrogens is 355 g/mol. The molecule has 1 N–H and O–H groups in total. The molecular formula is C21H22F3NO2. The van der Waals surface area contributed by atoms with Crippen LogP contribution < -0.4 is 4.74 Å². The summed E-state index contributed by atoms with van der Waals surface area (Å²) in [6, 6.07) is 10.1. The molecule has 0 bridgehead atoms. The van der Waals surface area contributed by atoms with E-state index in [9.17, 15) is 18.3 Å². The number of halogens is 3. The van der Waals surface area contributed by atoms with Crippen LogP contribution in [0.5, 0.6) is 5.75 Å². The second-order valence-corrected chi connectivity index (χ2v) is 7.58. The Morgan fingerprint density at radius 3 is 2.74 bits per heavy atom. The zero-order valence-corrected chi connectivity index (χ0v) is 14.9. The Hall–Kier alpha value is -2.08. The van der Waals surface area contributed by atoms with Crippen LogP contribution in [0.1, 0.15) is 48.4 Å². The fourth-order valence-corrected chi connectivity index (χ4v) is 4.93. The number of rotatable bonds is 4. The Bertz CT molecular complexity index is 819. The second-order valence-electron chi connectivity index (χ2n) is 7.58. The predicted molar refractivity (Wildman–Crippen MR) is 94.5 cm³/mol. The van der Waals surface area contributed by atoms with Gasteiger partial charge in [-0.2, -0.15) is 0 Å². The van der Waals surface area contributed by atoms with Gasteiger partial charge in [-0.3, -0.25) is 4.98 Å². The van der Waals surface area contributed by atoms with E-state index in [1.165, 1.54) is 17.7 Å². The molecule has 3 unspecified atom stereocenters. The Morgan fingerprint density at radius 2 is 2.04 bits per heavy atom. The van der Waals surface area contributed by atoms with Crippen molar-refractivity contribution in [1.82, 2.24) is 4.98 Å². The molecule has 0 radical (unpaired) electrons. The molecule has 3 nitrogen and oxygen atoms in total. The van der Waals surface area contributed by atoms with Gasteiger partial charge in [0.25, 0.3) is 0 Å². The molecule has 3 atom stereocenters. The average Bonchev–Trinajstić information content (AvgIpc) is 2.61. The van der Waals surface area contributed by atoms with Crippen molar-refractivity contribution in [2.75, 3.05) is 6.61 Å². The summed E-state index contributed by atoms with van der Waals surface area (Å²) in [5.74, 6) is 0.154. The lowest BCUT2D eigenvalue weighted by Gasteiger charge is -2.53. The van der Waals surface area contributed by atoms with E-state index in [1.807, 2.05) is 6.07 Å². The predicted octanol–water partition coefficient (Wildman–Crippen LogP) is 4.74. The van der Waals surface area contributed by atoms with Crippen LogP contribution in [0, 0.1) is 5.92 Å². The van der Waals surface area contributed by atoms with Gasteiger partial charge in [0.15, 0.2) is 0 Å². The minimum atomic E-state index is -4.73. The largest absolute Gasteiger partial charge is 0.573 e. The van der Waals surface area contributed by atoms with Crippen molar-refractivity contribution in [2.24, 2.45) is 5.92 Å². The van der Waals surface area contributed by atoms with Gasteiger partial charge in [0.2, 0.25) is 0 Å². The van der Waals surface area contributed by atoms with Crippen LogP contribution in [0.2, 0.25) is 0 Å². The molecule has 1 saturated carbocycles. The Labute approximate surface area is 156 Å². The molecule has 2 aromatic rings. The molecule has 1 fully saturated rings. The van der Waals surface area contributed by atoms with Crippen LogP contribution in [0.4, 0.5) is 13.2 Å². The minimum Gasteiger partial charge on any atom is -0.406 e. The summed E-state index contributed by atoms with van der Waals surface area (Å²) >= 11 is 0. The molecule has 2 aliphatic rings. The number of aryl methyl sites for hydroxylation is 1. The SMILES string of the molecule is OCC1(c2cccc(OC(F)(F)F)c2)CCC1C1CCCc2cccnc21. The van der Waals surface area contributed by atoms with Crippen LogP contribution in [0.3, 0.4) is 0 Å². The molecule has 0 amide bonds. The highest BCUT2D eigenvalue weighted by molar-refractivity contribution is 5.39. The zero-order valence-electron chi connectivity index (χ0n) is 14.9. The summed E-state index contributed by atoms with van der Waals surface area (Å²) < 4.78 is 41.9. The van der Waals surface area contributed by atoms with E-state index in [0.29, 0.717) is 5.56 Å². The monoisotopic (exact) mass is 377 g/mol. The highest BCUT2D eigenvalue weighted by atomic mass is 19.4. The molecule has 144 valence electrons. The first-order valence-electron chi connectivity index (χ1n) is 9.34. The smallest absolute Gasteiger partial charge is 0.406 e. The summed E-state index contributed by atoms with van der Waals surface area (Å²) in [5.41, 5.74) is 2.52. The standard InChI is InChI=1S/C21H22F3NO2/c22-21(23,24)27-16-7-2-6-15(12-16)20(13-26)10-9-18(20)17-8-1-4-14-5-3-11-25-19(14)17/h2-3,5-7,11-12,17-18,26H,1,4,8-10,13H2. The second kappa shape index (κ2) is 6.82. The summed E-state index contributed by atoms with van der Waals surface area (Å²) in [7, 11) is 0. The average molecular weight is 377 g/mol. The van der Waals surface area contributed by atoms with Gasteiger partial charge < -0.3 is 9.84 Å². The van der Waals surface area contributed by atoms with Crippen molar-refractivity contribution in [3.8, 4) is 5.75 Å². The minimum absolute atomic E-state index is 0.0915. The van der Waals surface area contributed by atoms with E-state index in [4.69, 9.17) is 0 Å². The molecule has 2 aliphatic carbocycles. The van der Waals surface area contributed by atoms with Crippen molar-refractivity contribution in [3.63, 3.8) is 0 Å². The molecule has 1 aromatic heterocycles. The number of aliphatic hydroxyl groups excluding tert-OH is 1. The fourth-order valence-electron chi connectivity index (χ4n) is 4.93. The van der Waals surface area contributed by atoms with E-state index >= 15 is 0 Å². The molecule has 27 heavy (non-hydrogen) atoms. The van der Waals surface area contributed by atoms with Gasteiger partial charge in [0.05, 0.1) is 6.61 Å². The number of ether oxygens (including phenoxy) is 1. The van der Waals surface area contributed by atoms with E-state index in [1.54, 1.807) is 18.3 Å². The van der Waals surface area contributed by atoms with Crippen molar-refractivity contribution < 1.29 is 23.0 Å². The third-order valence-corrected chi connectivity index (χ3v) is 6.26. The van der Waals surface area contributed by atoms with Gasteiger partial charge in [0, 0.05) is 23.2 Å². The maximum Gasteiger partial charge on any atom is 0.573 e. The zero-order chi connectivity index (χ0) is 19.1. The molecule has 0 aliphatic heterocycles. The molecule has 4 rings (SSSR count). The molecule has 1 heterocycles. The van der Waals surface area contributed by atoms with Crippen LogP contribution in [-0.4, -0.2) is 23.1 Å². The Balaban J connectivity index is 1.67. The highest BCUT2D eigenvalue weighted by Crippen LogP contribution is 2.57. The van der Waals surface area contributed by atoms with Crippen molar-refractivity contribution >= 4 is 0 Å². The Kier molecular flexibility index (Phi) is 4.62. The van der Waals surface area contributed by atoms with Crippen LogP contribution in [-0.2, 0) is 11.8 Å². The van der Waals surface area contributed by atoms with Crippen molar-refractivity contribution in [3.05, 3.63) is 59.4 Å². The summed E-state index contributed by atoms with van der Waals surface area (Å²) in [6.45, 7) is -0.0915. The van der Waals surface area contributed by atoms with Gasteiger partial charge >= 0.3 is 6.36 Å². The molecule has 6 heteroatoms. The van der Waals surface area contributed by atoms with E-state index in [0.717, 1.165) is 37.8 Å². The highest BCUT2D eigenvalue weighted by Gasteiger charge is 2.52. The lowest BCUT2D eigenvalue weighted by Crippen LogP contribution is -2.50. The number of hydrogen-bond donors (Lipinski definition) is 1. The number of benzene rings is 1. The molecule has 1 aromatic carbocycles. The van der Waals surface area contributed by atoms with Crippen molar-refractivity contribution in [2.45, 2.75) is 49.8 Å². The van der Waals surface area contributed by atoms with E-state index < -0.39 is 11.8 Å². The van der Waals surface area contributed by atoms with Crippen LogP contribution in [0.15, 0.2) is 42.6 Å². The third kappa shape index (κ3) is 3.31. The van der Waals surface area contributed by atoms with Gasteiger partial charge in [-0.1, -0.05) is 18.2 Å². The number of fused-ring (bicyclic) bond motifs is 1. The number of alkyl halides is 3. The molecule has 0 saturated heterocycles. The Morgan fingerprint density at radius 1 is 1.19 bits per heavy atom. The lowest BCUT2D eigenvalue weighted by molar-refractivity contribution is -0.274. The number of pyridine rings is 1.